The van der Waals surface area contributed by atoms with Gasteiger partial charge in [-0.05, 0) is 60.5 Å². The lowest BCUT2D eigenvalue weighted by molar-refractivity contribution is -0.138. The molecule has 0 bridgehead atoms. The number of aryl methyl sites for hydroxylation is 1. The van der Waals surface area contributed by atoms with Gasteiger partial charge in [-0.15, -0.1) is 0 Å². The number of nitrogens with one attached hydrogen (secondary N) is 3. The third-order valence-corrected chi connectivity index (χ3v) is 6.09. The smallest absolute Gasteiger partial charge is 0.358 e. The van der Waals surface area contributed by atoms with E-state index in [0.717, 1.165) is 17.2 Å². The van der Waals surface area contributed by atoms with Crippen molar-refractivity contribution in [3.05, 3.63) is 64.2 Å². The van der Waals surface area contributed by atoms with Crippen LogP contribution in [0.15, 0.2) is 36.4 Å². The molecule has 0 aromatic heterocycles. The minimum Gasteiger partial charge on any atom is -0.358 e. The minimum atomic E-state index is -4.46. The summed E-state index contributed by atoms with van der Waals surface area (Å²) in [5.41, 5.74) is 1.66. The monoisotopic (exact) mass is 490 g/mol. The van der Waals surface area contributed by atoms with Gasteiger partial charge in [0, 0.05) is 30.8 Å². The Kier molecular flexibility index (Phi) is 6.30. The fourth-order valence-corrected chi connectivity index (χ4v) is 4.29. The number of halogens is 3. The molecule has 34 heavy (non-hydrogen) atoms. The van der Waals surface area contributed by atoms with Gasteiger partial charge in [0.25, 0.3) is 5.91 Å². The van der Waals surface area contributed by atoms with Crippen LogP contribution in [0.1, 0.15) is 45.5 Å². The zero-order valence-corrected chi connectivity index (χ0v) is 18.9. The highest BCUT2D eigenvalue weighted by Gasteiger charge is 2.39. The molecule has 2 aromatic rings. The lowest BCUT2D eigenvalue weighted by Gasteiger charge is -2.29. The van der Waals surface area contributed by atoms with Crippen LogP contribution in [0.3, 0.4) is 0 Å². The summed E-state index contributed by atoms with van der Waals surface area (Å²) in [6, 6.07) is 8.45. The van der Waals surface area contributed by atoms with Crippen LogP contribution in [0.5, 0.6) is 0 Å². The Labute approximate surface area is 198 Å². The quantitative estimate of drug-likeness (QED) is 0.450. The molecule has 1 atom stereocenters. The second-order valence-corrected chi connectivity index (χ2v) is 8.63. The van der Waals surface area contributed by atoms with Gasteiger partial charge in [0.15, 0.2) is 5.11 Å². The molecule has 0 radical (unpaired) electrons. The molecule has 0 spiro atoms. The van der Waals surface area contributed by atoms with E-state index < -0.39 is 23.7 Å². The largest absolute Gasteiger partial charge is 0.416 e. The van der Waals surface area contributed by atoms with Crippen LogP contribution in [-0.4, -0.2) is 33.8 Å². The van der Waals surface area contributed by atoms with Crippen molar-refractivity contribution in [1.82, 2.24) is 15.5 Å². The van der Waals surface area contributed by atoms with Gasteiger partial charge in [-0.3, -0.25) is 19.7 Å². The molecule has 3 N–H and O–H groups in total. The standard InChI is InChI=1S/C23H21F3N4O3S/c1-12-2-4-15(9-17(12)23(24,25)26)28-22(34)27-10-13-3-5-16-14(8-13)11-30(21(16)33)18-6-7-19(31)29-20(18)32/h2-5,8-9,18H,6-7,10-11H2,1H3,(H2,27,28,34)(H,29,31,32). The lowest BCUT2D eigenvalue weighted by Crippen LogP contribution is -2.52. The van der Waals surface area contributed by atoms with Crippen molar-refractivity contribution in [3.63, 3.8) is 0 Å². The second kappa shape index (κ2) is 9.05. The maximum atomic E-state index is 13.1. The molecule has 0 saturated carbocycles. The summed E-state index contributed by atoms with van der Waals surface area (Å²) in [7, 11) is 0. The van der Waals surface area contributed by atoms with E-state index in [1.165, 1.54) is 24.0 Å². The van der Waals surface area contributed by atoms with Gasteiger partial charge in [0.1, 0.15) is 6.04 Å². The molecule has 1 fully saturated rings. The number of hydrogen-bond acceptors (Lipinski definition) is 4. The van der Waals surface area contributed by atoms with Gasteiger partial charge in [-0.2, -0.15) is 13.2 Å². The van der Waals surface area contributed by atoms with Crippen LogP contribution >= 0.6 is 12.2 Å². The fraction of sp³-hybridized carbons (Fsp3) is 0.304. The predicted molar refractivity (Wildman–Crippen MR) is 122 cm³/mol. The number of thiocarbonyl (C=S) groups is 1. The van der Waals surface area contributed by atoms with E-state index in [1.807, 2.05) is 6.07 Å². The highest BCUT2D eigenvalue weighted by Crippen LogP contribution is 2.33. The lowest BCUT2D eigenvalue weighted by atomic mass is 10.0. The number of hydrogen-bond donors (Lipinski definition) is 3. The van der Waals surface area contributed by atoms with Gasteiger partial charge in [0.05, 0.1) is 5.56 Å². The summed E-state index contributed by atoms with van der Waals surface area (Å²) < 4.78 is 39.3. The zero-order valence-electron chi connectivity index (χ0n) is 18.1. The van der Waals surface area contributed by atoms with Crippen molar-refractivity contribution in [2.24, 2.45) is 0 Å². The molecule has 11 heteroatoms. The molecule has 7 nitrogen and oxygen atoms in total. The van der Waals surface area contributed by atoms with Crippen LogP contribution in [0.4, 0.5) is 18.9 Å². The number of piperidine rings is 1. The number of imide groups is 1. The topological polar surface area (TPSA) is 90.5 Å². The van der Waals surface area contributed by atoms with Crippen LogP contribution in [0.2, 0.25) is 0 Å². The highest BCUT2D eigenvalue weighted by molar-refractivity contribution is 7.80. The molecular formula is C23H21F3N4O3S. The van der Waals surface area contributed by atoms with E-state index in [2.05, 4.69) is 16.0 Å². The average molecular weight is 491 g/mol. The molecule has 2 aromatic carbocycles. The molecule has 4 rings (SSSR count). The summed E-state index contributed by atoms with van der Waals surface area (Å²) in [5, 5.41) is 8.12. The van der Waals surface area contributed by atoms with Crippen molar-refractivity contribution < 1.29 is 27.6 Å². The van der Waals surface area contributed by atoms with Gasteiger partial charge in [-0.1, -0.05) is 18.2 Å². The third-order valence-electron chi connectivity index (χ3n) is 5.84. The summed E-state index contributed by atoms with van der Waals surface area (Å²) in [5.74, 6) is -1.08. The van der Waals surface area contributed by atoms with E-state index in [0.29, 0.717) is 5.56 Å². The van der Waals surface area contributed by atoms with Gasteiger partial charge in [-0.25, -0.2) is 0 Å². The molecule has 3 amide bonds. The van der Waals surface area contributed by atoms with Crippen molar-refractivity contribution in [2.75, 3.05) is 5.32 Å². The number of carbonyl (C=O) groups is 3. The predicted octanol–water partition coefficient (Wildman–Crippen LogP) is 3.26. The van der Waals surface area contributed by atoms with E-state index in [-0.39, 0.29) is 54.1 Å². The van der Waals surface area contributed by atoms with Crippen molar-refractivity contribution in [1.29, 1.82) is 0 Å². The summed E-state index contributed by atoms with van der Waals surface area (Å²) in [6.45, 7) is 1.92. The first-order valence-electron chi connectivity index (χ1n) is 10.5. The van der Waals surface area contributed by atoms with Crippen LogP contribution in [0.25, 0.3) is 0 Å². The Morgan fingerprint density at radius 3 is 2.65 bits per heavy atom. The summed E-state index contributed by atoms with van der Waals surface area (Å²) in [6.07, 6.45) is -3.99. The maximum absolute atomic E-state index is 13.1. The van der Waals surface area contributed by atoms with Gasteiger partial charge in [0.2, 0.25) is 11.8 Å². The maximum Gasteiger partial charge on any atom is 0.416 e. The molecule has 0 aliphatic carbocycles. The Balaban J connectivity index is 1.38. The number of amides is 3. The average Bonchev–Trinajstić information content (AvgIpc) is 3.08. The minimum absolute atomic E-state index is 0.121. The van der Waals surface area contributed by atoms with Crippen molar-refractivity contribution in [3.8, 4) is 0 Å². The third kappa shape index (κ3) is 4.89. The first kappa shape index (κ1) is 23.7. The summed E-state index contributed by atoms with van der Waals surface area (Å²) >= 11 is 5.21. The number of rotatable bonds is 4. The Morgan fingerprint density at radius 1 is 1.18 bits per heavy atom. The molecule has 178 valence electrons. The highest BCUT2D eigenvalue weighted by atomic mass is 32.1. The molecule has 2 aliphatic heterocycles. The van der Waals surface area contributed by atoms with Crippen molar-refractivity contribution >= 4 is 40.7 Å². The van der Waals surface area contributed by atoms with E-state index in [9.17, 15) is 27.6 Å². The Hall–Kier alpha value is -3.47. The number of benzene rings is 2. The van der Waals surface area contributed by atoms with Crippen LogP contribution in [-0.2, 0) is 28.9 Å². The van der Waals surface area contributed by atoms with Crippen molar-refractivity contribution in [2.45, 2.75) is 45.1 Å². The number of carbonyl (C=O) groups excluding carboxylic acids is 3. The van der Waals surface area contributed by atoms with E-state index >= 15 is 0 Å². The zero-order chi connectivity index (χ0) is 24.6. The molecule has 1 saturated heterocycles. The first-order valence-corrected chi connectivity index (χ1v) is 10.9. The molecule has 2 aliphatic rings. The van der Waals surface area contributed by atoms with Crippen LogP contribution < -0.4 is 16.0 Å². The Bertz CT molecular complexity index is 1200. The SMILES string of the molecule is Cc1ccc(NC(=S)NCc2ccc3c(c2)CN(C2CCC(=O)NC2=O)C3=O)cc1C(F)(F)F. The van der Waals surface area contributed by atoms with E-state index in [4.69, 9.17) is 12.2 Å². The van der Waals surface area contributed by atoms with E-state index in [1.54, 1.807) is 12.1 Å². The number of alkyl halides is 3. The molecule has 2 heterocycles. The van der Waals surface area contributed by atoms with Gasteiger partial charge >= 0.3 is 6.18 Å². The number of anilines is 1. The Morgan fingerprint density at radius 2 is 1.94 bits per heavy atom. The normalized spacial score (nSPS) is 17.9. The fourth-order valence-electron chi connectivity index (χ4n) is 4.10. The number of fused-ring (bicyclic) bond motifs is 1. The second-order valence-electron chi connectivity index (χ2n) is 8.23. The summed E-state index contributed by atoms with van der Waals surface area (Å²) in [4.78, 5) is 37.8. The van der Waals surface area contributed by atoms with Crippen LogP contribution in [0, 0.1) is 6.92 Å². The molecule has 1 unspecified atom stereocenters. The first-order chi connectivity index (χ1) is 16.0. The molecular weight excluding hydrogens is 469 g/mol. The van der Waals surface area contributed by atoms with Gasteiger partial charge < -0.3 is 15.5 Å². The number of nitrogens with zero attached hydrogens (tertiary/aromatic N) is 1.